The molecule has 0 atom stereocenters. The summed E-state index contributed by atoms with van der Waals surface area (Å²) < 4.78 is 0. The van der Waals surface area contributed by atoms with E-state index in [2.05, 4.69) is 6.07 Å². The molecule has 3 rings (SSSR count). The molecule has 1 aliphatic heterocycles. The highest BCUT2D eigenvalue weighted by Crippen LogP contribution is 2.35. The van der Waals surface area contributed by atoms with Crippen LogP contribution in [0.3, 0.4) is 0 Å². The molecule has 0 fully saturated rings. The molecule has 5 nitrogen and oxygen atoms in total. The van der Waals surface area contributed by atoms with E-state index in [-0.39, 0.29) is 11.7 Å². The molecular weight excluding hydrogens is 298 g/mol. The number of aryl methyl sites for hydroxylation is 1. The molecule has 1 aromatic carbocycles. The van der Waals surface area contributed by atoms with Gasteiger partial charge in [-0.05, 0) is 36.6 Å². The van der Waals surface area contributed by atoms with E-state index in [1.165, 1.54) is 17.4 Å². The molecule has 1 aromatic heterocycles. The largest absolute Gasteiger partial charge is 0.508 e. The number of nitriles is 1. The topological polar surface area (TPSA) is 90.4 Å². The number of carbonyl (C=O) groups excluding carboxylic acids is 1. The van der Waals surface area contributed by atoms with E-state index >= 15 is 0 Å². The highest BCUT2D eigenvalue weighted by Gasteiger charge is 2.26. The predicted octanol–water partition coefficient (Wildman–Crippen LogP) is 2.41. The van der Waals surface area contributed by atoms with Crippen molar-refractivity contribution in [3.05, 3.63) is 45.3 Å². The lowest BCUT2D eigenvalue weighted by Gasteiger charge is -2.27. The number of hydrogen-bond donors (Lipinski definition) is 2. The normalized spacial score (nSPS) is 13.5. The highest BCUT2D eigenvalue weighted by atomic mass is 32.1. The Kier molecular flexibility index (Phi) is 3.51. The van der Waals surface area contributed by atoms with Crippen LogP contribution >= 0.6 is 11.3 Å². The summed E-state index contributed by atoms with van der Waals surface area (Å²) in [6.07, 6.45) is 0.634. The molecule has 22 heavy (non-hydrogen) atoms. The molecule has 2 aromatic rings. The van der Waals surface area contributed by atoms with Gasteiger partial charge in [-0.15, -0.1) is 11.3 Å². The van der Waals surface area contributed by atoms with E-state index in [9.17, 15) is 9.90 Å². The van der Waals surface area contributed by atoms with Gasteiger partial charge in [-0.1, -0.05) is 6.07 Å². The van der Waals surface area contributed by atoms with Gasteiger partial charge in [0, 0.05) is 17.0 Å². The second kappa shape index (κ2) is 5.35. The van der Waals surface area contributed by atoms with Crippen molar-refractivity contribution in [3.63, 3.8) is 0 Å². The summed E-state index contributed by atoms with van der Waals surface area (Å²) in [6, 6.07) is 7.09. The van der Waals surface area contributed by atoms with E-state index in [0.29, 0.717) is 35.6 Å². The number of phenolic OH excluding ortho intramolecular Hbond substituents is 1. The zero-order chi connectivity index (χ0) is 15.9. The zero-order valence-corrected chi connectivity index (χ0v) is 12.9. The Morgan fingerprint density at radius 3 is 2.95 bits per heavy atom. The minimum Gasteiger partial charge on any atom is -0.508 e. The van der Waals surface area contributed by atoms with Crippen LogP contribution in [0.4, 0.5) is 5.00 Å². The summed E-state index contributed by atoms with van der Waals surface area (Å²) in [5.74, 6) is 0.00196. The van der Waals surface area contributed by atoms with E-state index in [0.717, 1.165) is 16.0 Å². The summed E-state index contributed by atoms with van der Waals surface area (Å²) in [6.45, 7) is 2.79. The average molecular weight is 313 g/mol. The Bertz CT molecular complexity index is 804. The zero-order valence-electron chi connectivity index (χ0n) is 12.1. The summed E-state index contributed by atoms with van der Waals surface area (Å²) in [7, 11) is 0. The first-order chi connectivity index (χ1) is 10.5. The number of rotatable bonds is 1. The van der Waals surface area contributed by atoms with Gasteiger partial charge in [-0.3, -0.25) is 4.79 Å². The SMILES string of the molecule is Cc1ccc(C(=O)N2CCc3c(sc(N)c3C#N)C2)cc1O. The second-order valence-electron chi connectivity index (χ2n) is 5.33. The Morgan fingerprint density at radius 1 is 1.50 bits per heavy atom. The van der Waals surface area contributed by atoms with Gasteiger partial charge in [0.2, 0.25) is 0 Å². The minimum absolute atomic E-state index is 0.119. The average Bonchev–Trinajstić information content (AvgIpc) is 2.83. The quantitative estimate of drug-likeness (QED) is 0.846. The van der Waals surface area contributed by atoms with Gasteiger partial charge >= 0.3 is 0 Å². The van der Waals surface area contributed by atoms with Crippen molar-refractivity contribution in [3.8, 4) is 11.8 Å². The van der Waals surface area contributed by atoms with Crippen LogP contribution in [0.15, 0.2) is 18.2 Å². The maximum Gasteiger partial charge on any atom is 0.254 e. The number of anilines is 1. The standard InChI is InChI=1S/C16H15N3O2S/c1-9-2-3-10(6-13(9)20)16(21)19-5-4-11-12(7-17)15(18)22-14(11)8-19/h2-3,6,20H,4-5,8,18H2,1H3. The minimum atomic E-state index is -0.119. The lowest BCUT2D eigenvalue weighted by atomic mass is 10.0. The summed E-state index contributed by atoms with van der Waals surface area (Å²) in [5.41, 5.74) is 8.60. The van der Waals surface area contributed by atoms with Crippen LogP contribution in [0.25, 0.3) is 0 Å². The number of phenols is 1. The van der Waals surface area contributed by atoms with Crippen molar-refractivity contribution in [1.29, 1.82) is 5.26 Å². The van der Waals surface area contributed by atoms with Gasteiger partial charge in [-0.2, -0.15) is 5.26 Å². The van der Waals surface area contributed by atoms with Crippen LogP contribution in [-0.4, -0.2) is 22.5 Å². The molecule has 112 valence electrons. The van der Waals surface area contributed by atoms with Gasteiger partial charge in [0.05, 0.1) is 12.1 Å². The maximum atomic E-state index is 12.6. The monoisotopic (exact) mass is 313 g/mol. The van der Waals surface area contributed by atoms with E-state index in [4.69, 9.17) is 11.0 Å². The molecular formula is C16H15N3O2S. The number of benzene rings is 1. The maximum absolute atomic E-state index is 12.6. The number of nitrogens with two attached hydrogens (primary N) is 1. The first-order valence-electron chi connectivity index (χ1n) is 6.90. The van der Waals surface area contributed by atoms with Gasteiger partial charge in [-0.25, -0.2) is 0 Å². The third-order valence-electron chi connectivity index (χ3n) is 3.94. The number of hydrogen-bond acceptors (Lipinski definition) is 5. The molecule has 6 heteroatoms. The lowest BCUT2D eigenvalue weighted by Crippen LogP contribution is -2.35. The van der Waals surface area contributed by atoms with Crippen LogP contribution in [-0.2, 0) is 13.0 Å². The Balaban J connectivity index is 1.87. The van der Waals surface area contributed by atoms with Gasteiger partial charge in [0.25, 0.3) is 5.91 Å². The number of nitrogens with zero attached hydrogens (tertiary/aromatic N) is 2. The van der Waals surface area contributed by atoms with E-state index in [1.807, 2.05) is 0 Å². The van der Waals surface area contributed by atoms with Crippen molar-refractivity contribution in [1.82, 2.24) is 4.90 Å². The highest BCUT2D eigenvalue weighted by molar-refractivity contribution is 7.16. The number of nitrogen functional groups attached to an aromatic ring is 1. The molecule has 0 aliphatic carbocycles. The predicted molar refractivity (Wildman–Crippen MR) is 84.7 cm³/mol. The fraction of sp³-hybridized carbons (Fsp3) is 0.250. The molecule has 0 saturated heterocycles. The molecule has 0 saturated carbocycles. The molecule has 1 aliphatic rings. The Labute approximate surface area is 132 Å². The lowest BCUT2D eigenvalue weighted by molar-refractivity contribution is 0.0736. The summed E-state index contributed by atoms with van der Waals surface area (Å²) in [5, 5.41) is 19.4. The van der Waals surface area contributed by atoms with Crippen molar-refractivity contribution in [2.24, 2.45) is 0 Å². The van der Waals surface area contributed by atoms with E-state index in [1.54, 1.807) is 24.0 Å². The molecule has 0 unspecified atom stereocenters. The molecule has 2 heterocycles. The van der Waals surface area contributed by atoms with Crippen molar-refractivity contribution < 1.29 is 9.90 Å². The Morgan fingerprint density at radius 2 is 2.27 bits per heavy atom. The van der Waals surface area contributed by atoms with Gasteiger partial charge in [0.1, 0.15) is 16.8 Å². The number of aromatic hydroxyl groups is 1. The molecule has 0 bridgehead atoms. The third kappa shape index (κ3) is 2.30. The number of fused-ring (bicyclic) bond motifs is 1. The van der Waals surface area contributed by atoms with Crippen LogP contribution in [0.5, 0.6) is 5.75 Å². The summed E-state index contributed by atoms with van der Waals surface area (Å²) in [4.78, 5) is 15.3. The van der Waals surface area contributed by atoms with Crippen LogP contribution in [0.1, 0.15) is 31.9 Å². The third-order valence-corrected chi connectivity index (χ3v) is 4.99. The molecule has 0 spiro atoms. The van der Waals surface area contributed by atoms with E-state index < -0.39 is 0 Å². The van der Waals surface area contributed by atoms with Crippen LogP contribution in [0.2, 0.25) is 0 Å². The van der Waals surface area contributed by atoms with Gasteiger partial charge < -0.3 is 15.7 Å². The van der Waals surface area contributed by atoms with Crippen molar-refractivity contribution in [2.75, 3.05) is 12.3 Å². The number of amides is 1. The fourth-order valence-electron chi connectivity index (χ4n) is 2.65. The first kappa shape index (κ1) is 14.4. The second-order valence-corrected chi connectivity index (χ2v) is 6.47. The molecule has 0 radical (unpaired) electrons. The molecule has 1 amide bonds. The van der Waals surface area contributed by atoms with Gasteiger partial charge in [0.15, 0.2) is 0 Å². The number of carbonyl (C=O) groups is 1. The number of thiophene rings is 1. The smallest absolute Gasteiger partial charge is 0.254 e. The molecule has 3 N–H and O–H groups in total. The van der Waals surface area contributed by atoms with Crippen molar-refractivity contribution >= 4 is 22.2 Å². The van der Waals surface area contributed by atoms with Crippen LogP contribution < -0.4 is 5.73 Å². The summed E-state index contributed by atoms with van der Waals surface area (Å²) >= 11 is 1.38. The fourth-order valence-corrected chi connectivity index (χ4v) is 3.73. The first-order valence-corrected chi connectivity index (χ1v) is 7.72. The Hall–Kier alpha value is -2.52. The van der Waals surface area contributed by atoms with Crippen LogP contribution in [0, 0.1) is 18.3 Å². The van der Waals surface area contributed by atoms with Crippen molar-refractivity contribution in [2.45, 2.75) is 19.9 Å².